The second-order valence-electron chi connectivity index (χ2n) is 6.60. The first-order valence-electron chi connectivity index (χ1n) is 9.23. The summed E-state index contributed by atoms with van der Waals surface area (Å²) in [6.07, 6.45) is 2.12. The van der Waals surface area contributed by atoms with Crippen LogP contribution in [0.1, 0.15) is 12.0 Å². The zero-order valence-electron chi connectivity index (χ0n) is 15.1. The summed E-state index contributed by atoms with van der Waals surface area (Å²) in [4.78, 5) is 0. The van der Waals surface area contributed by atoms with E-state index in [0.717, 1.165) is 40.8 Å². The Morgan fingerprint density at radius 3 is 2.11 bits per heavy atom. The molecule has 0 radical (unpaired) electrons. The van der Waals surface area contributed by atoms with Crippen LogP contribution in [0.15, 0.2) is 95.5 Å². The van der Waals surface area contributed by atoms with Crippen LogP contribution in [0.3, 0.4) is 0 Å². The van der Waals surface area contributed by atoms with E-state index in [0.29, 0.717) is 0 Å². The van der Waals surface area contributed by atoms with Crippen LogP contribution in [0.25, 0.3) is 22.5 Å². The van der Waals surface area contributed by atoms with Gasteiger partial charge in [-0.25, -0.2) is 0 Å². The molecule has 0 saturated carbocycles. The molecule has 0 saturated heterocycles. The maximum Gasteiger partial charge on any atom is 0.0929 e. The van der Waals surface area contributed by atoms with Gasteiger partial charge < -0.3 is 0 Å². The predicted octanol–water partition coefficient (Wildman–Crippen LogP) is 6.61. The van der Waals surface area contributed by atoms with Crippen LogP contribution < -0.4 is 0 Å². The van der Waals surface area contributed by atoms with Crippen molar-refractivity contribution in [1.82, 2.24) is 9.78 Å². The van der Waals surface area contributed by atoms with Crippen molar-refractivity contribution in [3.8, 4) is 22.5 Å². The Hall–Kier alpha value is -2.65. The fourth-order valence-corrected chi connectivity index (χ4v) is 3.53. The lowest BCUT2D eigenvalue weighted by Gasteiger charge is -2.08. The Morgan fingerprint density at radius 2 is 1.41 bits per heavy atom. The number of hydrogen-bond donors (Lipinski definition) is 0. The summed E-state index contributed by atoms with van der Waals surface area (Å²) in [5.74, 6) is 0. The summed E-state index contributed by atoms with van der Waals surface area (Å²) in [7, 11) is 0. The number of halogens is 1. The van der Waals surface area contributed by atoms with Crippen LogP contribution in [0, 0.1) is 0 Å². The van der Waals surface area contributed by atoms with Crippen LogP contribution in [0.2, 0.25) is 0 Å². The monoisotopic (exact) mass is 416 g/mol. The van der Waals surface area contributed by atoms with Gasteiger partial charge in [0.2, 0.25) is 0 Å². The van der Waals surface area contributed by atoms with E-state index in [4.69, 9.17) is 5.10 Å². The molecule has 0 N–H and O–H groups in total. The molecular weight excluding hydrogens is 396 g/mol. The zero-order valence-corrected chi connectivity index (χ0v) is 16.6. The molecule has 0 aliphatic rings. The van der Waals surface area contributed by atoms with Crippen molar-refractivity contribution < 1.29 is 0 Å². The Bertz CT molecular complexity index is 990. The number of hydrogen-bond acceptors (Lipinski definition) is 1. The fraction of sp³-hybridized carbons (Fsp3) is 0.125. The second-order valence-corrected chi connectivity index (χ2v) is 7.52. The zero-order chi connectivity index (χ0) is 18.5. The van der Waals surface area contributed by atoms with Gasteiger partial charge in [0, 0.05) is 16.6 Å². The number of benzene rings is 3. The Kier molecular flexibility index (Phi) is 5.50. The van der Waals surface area contributed by atoms with Gasteiger partial charge >= 0.3 is 0 Å². The van der Waals surface area contributed by atoms with E-state index in [1.807, 2.05) is 6.07 Å². The first kappa shape index (κ1) is 17.7. The highest BCUT2D eigenvalue weighted by Crippen LogP contribution is 2.27. The van der Waals surface area contributed by atoms with Gasteiger partial charge in [-0.05, 0) is 42.2 Å². The highest BCUT2D eigenvalue weighted by atomic mass is 79.9. The van der Waals surface area contributed by atoms with Crippen molar-refractivity contribution in [3.05, 3.63) is 101 Å². The average molecular weight is 417 g/mol. The highest BCUT2D eigenvalue weighted by Gasteiger charge is 2.11. The highest BCUT2D eigenvalue weighted by molar-refractivity contribution is 9.10. The van der Waals surface area contributed by atoms with Gasteiger partial charge in [0.25, 0.3) is 0 Å². The molecule has 3 aromatic carbocycles. The van der Waals surface area contributed by atoms with Gasteiger partial charge in [0.15, 0.2) is 0 Å². The molecule has 4 rings (SSSR count). The van der Waals surface area contributed by atoms with Crippen molar-refractivity contribution >= 4 is 15.9 Å². The second kappa shape index (κ2) is 8.36. The minimum atomic E-state index is 0.896. The molecule has 134 valence electrons. The van der Waals surface area contributed by atoms with E-state index < -0.39 is 0 Å². The first-order valence-corrected chi connectivity index (χ1v) is 10.0. The minimum absolute atomic E-state index is 0.896. The lowest BCUT2D eigenvalue weighted by atomic mass is 10.1. The summed E-state index contributed by atoms with van der Waals surface area (Å²) in [5, 5.41) is 4.92. The largest absolute Gasteiger partial charge is 0.264 e. The van der Waals surface area contributed by atoms with E-state index in [1.54, 1.807) is 0 Å². The molecule has 0 atom stereocenters. The molecule has 1 heterocycles. The maximum absolute atomic E-state index is 4.92. The van der Waals surface area contributed by atoms with Gasteiger partial charge in [-0.2, -0.15) is 5.10 Å². The third kappa shape index (κ3) is 4.37. The van der Waals surface area contributed by atoms with E-state index in [-0.39, 0.29) is 0 Å². The van der Waals surface area contributed by atoms with Gasteiger partial charge in [-0.3, -0.25) is 4.68 Å². The molecule has 0 aliphatic carbocycles. The van der Waals surface area contributed by atoms with Crippen LogP contribution in [-0.2, 0) is 13.0 Å². The maximum atomic E-state index is 4.92. The smallest absolute Gasteiger partial charge is 0.0929 e. The topological polar surface area (TPSA) is 17.8 Å². The number of nitrogens with zero attached hydrogens (tertiary/aromatic N) is 2. The number of aryl methyl sites for hydroxylation is 2. The van der Waals surface area contributed by atoms with Crippen LogP contribution in [0.4, 0.5) is 0 Å². The van der Waals surface area contributed by atoms with Gasteiger partial charge in [0.05, 0.1) is 11.4 Å². The fourth-order valence-electron chi connectivity index (χ4n) is 3.27. The molecule has 0 spiro atoms. The van der Waals surface area contributed by atoms with E-state index in [2.05, 4.69) is 106 Å². The van der Waals surface area contributed by atoms with Crippen molar-refractivity contribution in [2.75, 3.05) is 0 Å². The SMILES string of the molecule is Brc1ccc(-c2cc(-c3ccccc3)nn2CCCc2ccccc2)cc1. The molecule has 0 aliphatic heterocycles. The van der Waals surface area contributed by atoms with Crippen LogP contribution in [-0.4, -0.2) is 9.78 Å². The lowest BCUT2D eigenvalue weighted by Crippen LogP contribution is -2.04. The number of aromatic nitrogens is 2. The minimum Gasteiger partial charge on any atom is -0.264 e. The van der Waals surface area contributed by atoms with E-state index >= 15 is 0 Å². The summed E-state index contributed by atoms with van der Waals surface area (Å²) in [5.41, 5.74) is 5.89. The number of rotatable bonds is 6. The first-order chi connectivity index (χ1) is 13.3. The molecule has 0 amide bonds. The van der Waals surface area contributed by atoms with Crippen LogP contribution in [0.5, 0.6) is 0 Å². The van der Waals surface area contributed by atoms with E-state index in [9.17, 15) is 0 Å². The summed E-state index contributed by atoms with van der Waals surface area (Å²) in [6, 6.07) is 31.7. The third-order valence-electron chi connectivity index (χ3n) is 4.67. The van der Waals surface area contributed by atoms with Crippen molar-refractivity contribution in [2.24, 2.45) is 0 Å². The van der Waals surface area contributed by atoms with Gasteiger partial charge in [-0.1, -0.05) is 88.7 Å². The van der Waals surface area contributed by atoms with Crippen LogP contribution >= 0.6 is 15.9 Å². The van der Waals surface area contributed by atoms with Gasteiger partial charge in [0.1, 0.15) is 0 Å². The molecular formula is C24H21BrN2. The average Bonchev–Trinajstić information content (AvgIpc) is 3.14. The molecule has 27 heavy (non-hydrogen) atoms. The Balaban J connectivity index is 1.61. The lowest BCUT2D eigenvalue weighted by molar-refractivity contribution is 0.586. The molecule has 2 nitrogen and oxygen atoms in total. The molecule has 4 aromatic rings. The summed E-state index contributed by atoms with van der Waals surface area (Å²) in [6.45, 7) is 0.896. The van der Waals surface area contributed by atoms with Crippen molar-refractivity contribution in [2.45, 2.75) is 19.4 Å². The normalized spacial score (nSPS) is 10.9. The molecule has 0 unspecified atom stereocenters. The Morgan fingerprint density at radius 1 is 0.741 bits per heavy atom. The Labute approximate surface area is 168 Å². The molecule has 3 heteroatoms. The van der Waals surface area contributed by atoms with Crippen molar-refractivity contribution in [3.63, 3.8) is 0 Å². The predicted molar refractivity (Wildman–Crippen MR) is 116 cm³/mol. The molecule has 1 aromatic heterocycles. The summed E-state index contributed by atoms with van der Waals surface area (Å²) < 4.78 is 3.23. The molecule has 0 bridgehead atoms. The van der Waals surface area contributed by atoms with Gasteiger partial charge in [-0.15, -0.1) is 0 Å². The molecule has 0 fully saturated rings. The quantitative estimate of drug-likeness (QED) is 0.345. The summed E-state index contributed by atoms with van der Waals surface area (Å²) >= 11 is 3.52. The van der Waals surface area contributed by atoms with E-state index in [1.165, 1.54) is 11.1 Å². The van der Waals surface area contributed by atoms with Crippen molar-refractivity contribution in [1.29, 1.82) is 0 Å². The third-order valence-corrected chi connectivity index (χ3v) is 5.20. The standard InChI is InChI=1S/C24H21BrN2/c25-22-15-13-21(14-16-22)24-18-23(20-11-5-2-6-12-20)26-27(24)17-7-10-19-8-3-1-4-9-19/h1-6,8-9,11-16,18H,7,10,17H2.